The average molecular weight is 265 g/mol. The fraction of sp³-hybridized carbons (Fsp3) is 0.429. The molecule has 0 aliphatic rings. The molecule has 1 aromatic carbocycles. The van der Waals surface area contributed by atoms with Gasteiger partial charge >= 0.3 is 5.97 Å². The molecule has 0 spiro atoms. The summed E-state index contributed by atoms with van der Waals surface area (Å²) >= 11 is 0. The van der Waals surface area contributed by atoms with Gasteiger partial charge in [-0.3, -0.25) is 4.79 Å². The molecular weight excluding hydrogens is 246 g/mol. The van der Waals surface area contributed by atoms with Crippen LogP contribution in [0.5, 0.6) is 0 Å². The molecule has 0 radical (unpaired) electrons. The Hall–Kier alpha value is -1.88. The lowest BCUT2D eigenvalue weighted by Gasteiger charge is -2.18. The number of aliphatic carboxylic acids is 1. The van der Waals surface area contributed by atoms with Crippen molar-refractivity contribution in [2.75, 3.05) is 0 Å². The molecule has 1 amide bonds. The van der Waals surface area contributed by atoms with Crippen LogP contribution >= 0.6 is 0 Å². The molecule has 2 atom stereocenters. The highest BCUT2D eigenvalue weighted by molar-refractivity contribution is 5.86. The van der Waals surface area contributed by atoms with Gasteiger partial charge in [0.15, 0.2) is 6.04 Å². The van der Waals surface area contributed by atoms with E-state index < -0.39 is 24.0 Å². The van der Waals surface area contributed by atoms with E-state index in [1.807, 2.05) is 13.8 Å². The Morgan fingerprint density at radius 3 is 2.26 bits per heavy atom. The SMILES string of the molecule is CC(C)CC(O)C(=O)NC(C(=O)O)c1ccccc1. The topological polar surface area (TPSA) is 86.6 Å². The van der Waals surface area contributed by atoms with Gasteiger partial charge in [-0.15, -0.1) is 0 Å². The second kappa shape index (κ2) is 6.89. The van der Waals surface area contributed by atoms with Gasteiger partial charge in [0, 0.05) is 0 Å². The standard InChI is InChI=1S/C14H19NO4/c1-9(2)8-11(16)13(17)15-12(14(18)19)10-6-4-3-5-7-10/h3-7,9,11-12,16H,8H2,1-2H3,(H,15,17)(H,18,19). The molecule has 0 saturated carbocycles. The van der Waals surface area contributed by atoms with Gasteiger partial charge < -0.3 is 15.5 Å². The molecule has 5 nitrogen and oxygen atoms in total. The van der Waals surface area contributed by atoms with Gasteiger partial charge in [0.2, 0.25) is 5.91 Å². The molecule has 1 rings (SSSR count). The van der Waals surface area contributed by atoms with Crippen molar-refractivity contribution < 1.29 is 19.8 Å². The number of benzene rings is 1. The Labute approximate surface area is 112 Å². The highest BCUT2D eigenvalue weighted by Gasteiger charge is 2.25. The highest BCUT2D eigenvalue weighted by Crippen LogP contribution is 2.14. The van der Waals surface area contributed by atoms with E-state index in [1.54, 1.807) is 30.3 Å². The third-order valence-electron chi connectivity index (χ3n) is 2.66. The van der Waals surface area contributed by atoms with Gasteiger partial charge in [-0.25, -0.2) is 4.79 Å². The minimum absolute atomic E-state index is 0.153. The van der Waals surface area contributed by atoms with Crippen molar-refractivity contribution in [3.8, 4) is 0 Å². The maximum absolute atomic E-state index is 11.7. The van der Waals surface area contributed by atoms with Crippen molar-refractivity contribution in [2.24, 2.45) is 5.92 Å². The number of carboxylic acids is 1. The van der Waals surface area contributed by atoms with Crippen LogP contribution in [0.2, 0.25) is 0 Å². The van der Waals surface area contributed by atoms with Crippen LogP contribution in [-0.2, 0) is 9.59 Å². The summed E-state index contributed by atoms with van der Waals surface area (Å²) in [4.78, 5) is 22.9. The number of amides is 1. The lowest BCUT2D eigenvalue weighted by molar-refractivity contribution is -0.143. The maximum atomic E-state index is 11.7. The van der Waals surface area contributed by atoms with Crippen LogP contribution in [0.3, 0.4) is 0 Å². The zero-order chi connectivity index (χ0) is 14.4. The van der Waals surface area contributed by atoms with Gasteiger partial charge in [-0.05, 0) is 17.9 Å². The number of rotatable bonds is 6. The van der Waals surface area contributed by atoms with E-state index in [2.05, 4.69) is 5.32 Å². The zero-order valence-electron chi connectivity index (χ0n) is 11.0. The molecule has 3 N–H and O–H groups in total. The van der Waals surface area contributed by atoms with Crippen molar-refractivity contribution in [1.29, 1.82) is 0 Å². The summed E-state index contributed by atoms with van der Waals surface area (Å²) in [5.74, 6) is -1.66. The number of nitrogens with one attached hydrogen (secondary N) is 1. The summed E-state index contributed by atoms with van der Waals surface area (Å²) in [6.45, 7) is 3.75. The van der Waals surface area contributed by atoms with E-state index in [-0.39, 0.29) is 5.92 Å². The maximum Gasteiger partial charge on any atom is 0.330 e. The van der Waals surface area contributed by atoms with Gasteiger partial charge in [0.1, 0.15) is 6.10 Å². The second-order valence-electron chi connectivity index (χ2n) is 4.84. The van der Waals surface area contributed by atoms with Crippen LogP contribution in [0.4, 0.5) is 0 Å². The summed E-state index contributed by atoms with van der Waals surface area (Å²) in [7, 11) is 0. The smallest absolute Gasteiger partial charge is 0.330 e. The summed E-state index contributed by atoms with van der Waals surface area (Å²) < 4.78 is 0. The van der Waals surface area contributed by atoms with Crippen LogP contribution in [0.1, 0.15) is 31.9 Å². The fourth-order valence-electron chi connectivity index (χ4n) is 1.73. The van der Waals surface area contributed by atoms with Gasteiger partial charge in [-0.2, -0.15) is 0 Å². The van der Waals surface area contributed by atoms with E-state index in [9.17, 15) is 14.7 Å². The number of aliphatic hydroxyl groups excluding tert-OH is 1. The average Bonchev–Trinajstić information content (AvgIpc) is 2.35. The van der Waals surface area contributed by atoms with E-state index in [0.29, 0.717) is 12.0 Å². The van der Waals surface area contributed by atoms with Crippen molar-refractivity contribution in [3.05, 3.63) is 35.9 Å². The quantitative estimate of drug-likeness (QED) is 0.724. The molecule has 0 aromatic heterocycles. The minimum Gasteiger partial charge on any atom is -0.479 e. The fourth-order valence-corrected chi connectivity index (χ4v) is 1.73. The Bertz CT molecular complexity index is 430. The van der Waals surface area contributed by atoms with Gasteiger partial charge in [-0.1, -0.05) is 44.2 Å². The molecule has 104 valence electrons. The number of carbonyl (C=O) groups excluding carboxylic acids is 1. The van der Waals surface area contributed by atoms with Crippen LogP contribution in [0.15, 0.2) is 30.3 Å². The molecular formula is C14H19NO4. The Kier molecular flexibility index (Phi) is 5.51. The van der Waals surface area contributed by atoms with Crippen LogP contribution < -0.4 is 5.32 Å². The first-order valence-corrected chi connectivity index (χ1v) is 6.18. The summed E-state index contributed by atoms with van der Waals surface area (Å²) in [6, 6.07) is 7.25. The van der Waals surface area contributed by atoms with Crippen molar-refractivity contribution in [1.82, 2.24) is 5.32 Å². The molecule has 0 heterocycles. The van der Waals surface area contributed by atoms with E-state index >= 15 is 0 Å². The first-order valence-electron chi connectivity index (χ1n) is 6.18. The Morgan fingerprint density at radius 2 is 1.79 bits per heavy atom. The number of hydrogen-bond acceptors (Lipinski definition) is 3. The monoisotopic (exact) mass is 265 g/mol. The van der Waals surface area contributed by atoms with Crippen molar-refractivity contribution in [3.63, 3.8) is 0 Å². The summed E-state index contributed by atoms with van der Waals surface area (Å²) in [5, 5.41) is 21.2. The Morgan fingerprint density at radius 1 is 1.21 bits per heavy atom. The third kappa shape index (κ3) is 4.71. The van der Waals surface area contributed by atoms with Crippen LogP contribution in [0, 0.1) is 5.92 Å². The van der Waals surface area contributed by atoms with Crippen molar-refractivity contribution >= 4 is 11.9 Å². The largest absolute Gasteiger partial charge is 0.479 e. The zero-order valence-corrected chi connectivity index (χ0v) is 11.0. The molecule has 0 bridgehead atoms. The predicted molar refractivity (Wildman–Crippen MR) is 70.4 cm³/mol. The molecule has 2 unspecified atom stereocenters. The molecule has 0 fully saturated rings. The predicted octanol–water partition coefficient (Wildman–Crippen LogP) is 1.34. The first-order chi connectivity index (χ1) is 8.91. The first kappa shape index (κ1) is 15.2. The molecule has 0 aliphatic carbocycles. The summed E-state index contributed by atoms with van der Waals surface area (Å²) in [6.07, 6.45) is -0.891. The number of aliphatic hydroxyl groups is 1. The summed E-state index contributed by atoms with van der Waals surface area (Å²) in [5.41, 5.74) is 0.472. The molecule has 0 aliphatic heterocycles. The van der Waals surface area contributed by atoms with E-state index in [0.717, 1.165) is 0 Å². The van der Waals surface area contributed by atoms with Gasteiger partial charge in [0.05, 0.1) is 0 Å². The Balaban J connectivity index is 2.75. The molecule has 1 aromatic rings. The lowest BCUT2D eigenvalue weighted by atomic mass is 10.0. The van der Waals surface area contributed by atoms with E-state index in [4.69, 9.17) is 5.11 Å². The molecule has 0 saturated heterocycles. The van der Waals surface area contributed by atoms with Gasteiger partial charge in [0.25, 0.3) is 0 Å². The molecule has 5 heteroatoms. The molecule has 19 heavy (non-hydrogen) atoms. The highest BCUT2D eigenvalue weighted by atomic mass is 16.4. The number of carboxylic acid groups (broad SMARTS) is 1. The lowest BCUT2D eigenvalue weighted by Crippen LogP contribution is -2.40. The number of carbonyl (C=O) groups is 2. The third-order valence-corrected chi connectivity index (χ3v) is 2.66. The van der Waals surface area contributed by atoms with Crippen molar-refractivity contribution in [2.45, 2.75) is 32.4 Å². The van der Waals surface area contributed by atoms with E-state index in [1.165, 1.54) is 0 Å². The minimum atomic E-state index is -1.19. The second-order valence-corrected chi connectivity index (χ2v) is 4.84. The number of hydrogen-bond donors (Lipinski definition) is 3. The normalized spacial score (nSPS) is 13.9. The van der Waals surface area contributed by atoms with Crippen LogP contribution in [-0.4, -0.2) is 28.2 Å². The van der Waals surface area contributed by atoms with Crippen LogP contribution in [0.25, 0.3) is 0 Å².